The fourth-order valence-electron chi connectivity index (χ4n) is 8.31. The van der Waals surface area contributed by atoms with E-state index in [1.54, 1.807) is 0 Å². The van der Waals surface area contributed by atoms with Crippen molar-refractivity contribution >= 4 is 17.9 Å². The standard InChI is InChI=1S/C73H116O6/c1-4-7-10-13-16-19-21-23-25-27-29-31-32-33-34-35-36-37-38-39-40-42-43-45-47-49-51-54-57-60-63-66-72(75)78-69-70(68-77-71(74)65-62-59-56-53-18-15-12-9-6-3)79-73(76)67-64-61-58-55-52-50-48-46-44-41-30-28-26-24-22-20-17-14-11-8-5-2/h7-8,10-11,16-17,19-20,23-26,29-31,33-34,36-37,39-41,43,45,49,51,70H,4-6,9,12-15,18,21-22,27-28,32,35,38,42,44,46-48,50,52-69H2,1-3H3/b10-7-,11-8-,19-16-,20-17-,25-23-,26-24-,31-29-,34-33-,37-36-,40-39-,41-30-,45-43-,51-49-. The van der Waals surface area contributed by atoms with Crippen LogP contribution in [0.2, 0.25) is 0 Å². The molecule has 0 saturated heterocycles. The molecular weight excluding hydrogens is 973 g/mol. The first-order chi connectivity index (χ1) is 39.0. The first-order valence-electron chi connectivity index (χ1n) is 32.0. The summed E-state index contributed by atoms with van der Waals surface area (Å²) < 4.78 is 16.8. The lowest BCUT2D eigenvalue weighted by Crippen LogP contribution is -2.30. The van der Waals surface area contributed by atoms with E-state index in [9.17, 15) is 14.4 Å². The highest BCUT2D eigenvalue weighted by Gasteiger charge is 2.19. The van der Waals surface area contributed by atoms with Crippen LogP contribution >= 0.6 is 0 Å². The number of hydrogen-bond acceptors (Lipinski definition) is 6. The molecule has 0 fully saturated rings. The summed E-state index contributed by atoms with van der Waals surface area (Å²) in [5.74, 6) is -0.945. The molecule has 0 radical (unpaired) electrons. The van der Waals surface area contributed by atoms with Crippen molar-refractivity contribution in [3.8, 4) is 0 Å². The van der Waals surface area contributed by atoms with Gasteiger partial charge in [0, 0.05) is 19.3 Å². The van der Waals surface area contributed by atoms with Gasteiger partial charge in [-0.05, 0) is 128 Å². The fourth-order valence-corrected chi connectivity index (χ4v) is 8.31. The second kappa shape index (κ2) is 65.5. The molecular formula is C73H116O6. The highest BCUT2D eigenvalue weighted by Crippen LogP contribution is 2.14. The summed E-state index contributed by atoms with van der Waals surface area (Å²) in [7, 11) is 0. The number of unbranched alkanes of at least 4 members (excludes halogenated alkanes) is 19. The number of carbonyl (C=O) groups is 3. The minimum absolute atomic E-state index is 0.0964. The quantitative estimate of drug-likeness (QED) is 0.0261. The van der Waals surface area contributed by atoms with Crippen molar-refractivity contribution in [1.29, 1.82) is 0 Å². The molecule has 0 aliphatic heterocycles. The molecule has 0 bridgehead atoms. The Labute approximate surface area is 486 Å². The Morgan fingerprint density at radius 3 is 0.785 bits per heavy atom. The molecule has 0 rings (SSSR count). The van der Waals surface area contributed by atoms with Crippen LogP contribution in [-0.4, -0.2) is 37.2 Å². The highest BCUT2D eigenvalue weighted by atomic mass is 16.6. The van der Waals surface area contributed by atoms with Crippen molar-refractivity contribution in [2.75, 3.05) is 13.2 Å². The molecule has 0 amide bonds. The zero-order chi connectivity index (χ0) is 57.1. The maximum absolute atomic E-state index is 12.9. The molecule has 79 heavy (non-hydrogen) atoms. The normalized spacial score (nSPS) is 13.2. The van der Waals surface area contributed by atoms with E-state index in [2.05, 4.69) is 179 Å². The van der Waals surface area contributed by atoms with E-state index in [1.807, 2.05) is 0 Å². The monoisotopic (exact) mass is 1090 g/mol. The number of hydrogen-bond donors (Lipinski definition) is 0. The number of ether oxygens (including phenoxy) is 3. The summed E-state index contributed by atoms with van der Waals surface area (Å²) in [5.41, 5.74) is 0. The van der Waals surface area contributed by atoms with Crippen molar-refractivity contribution in [2.24, 2.45) is 0 Å². The van der Waals surface area contributed by atoms with Gasteiger partial charge in [0.15, 0.2) is 6.10 Å². The van der Waals surface area contributed by atoms with Crippen LogP contribution in [0.4, 0.5) is 0 Å². The van der Waals surface area contributed by atoms with E-state index in [4.69, 9.17) is 14.2 Å². The van der Waals surface area contributed by atoms with Gasteiger partial charge in [0.2, 0.25) is 0 Å². The largest absolute Gasteiger partial charge is 0.462 e. The second-order valence-electron chi connectivity index (χ2n) is 20.6. The van der Waals surface area contributed by atoms with Gasteiger partial charge in [-0.25, -0.2) is 0 Å². The molecule has 0 aromatic carbocycles. The molecule has 0 heterocycles. The van der Waals surface area contributed by atoms with Gasteiger partial charge in [0.05, 0.1) is 0 Å². The lowest BCUT2D eigenvalue weighted by molar-refractivity contribution is -0.167. The maximum Gasteiger partial charge on any atom is 0.306 e. The Morgan fingerprint density at radius 2 is 0.494 bits per heavy atom. The van der Waals surface area contributed by atoms with Crippen LogP contribution in [0.1, 0.15) is 265 Å². The minimum Gasteiger partial charge on any atom is -0.462 e. The van der Waals surface area contributed by atoms with Crippen molar-refractivity contribution < 1.29 is 28.6 Å². The summed E-state index contributed by atoms with van der Waals surface area (Å²) >= 11 is 0. The molecule has 444 valence electrons. The zero-order valence-corrected chi connectivity index (χ0v) is 50.8. The molecule has 6 heteroatoms. The predicted molar refractivity (Wildman–Crippen MR) is 343 cm³/mol. The van der Waals surface area contributed by atoms with Crippen LogP contribution in [0.25, 0.3) is 0 Å². The highest BCUT2D eigenvalue weighted by molar-refractivity contribution is 5.71. The van der Waals surface area contributed by atoms with Crippen LogP contribution in [0.3, 0.4) is 0 Å². The Bertz CT molecular complexity index is 1780. The summed E-state index contributed by atoms with van der Waals surface area (Å²) in [5, 5.41) is 0. The van der Waals surface area contributed by atoms with Gasteiger partial charge >= 0.3 is 17.9 Å². The number of allylic oxidation sites excluding steroid dienone is 26. The van der Waals surface area contributed by atoms with Crippen molar-refractivity contribution in [2.45, 2.75) is 271 Å². The van der Waals surface area contributed by atoms with Crippen LogP contribution in [0, 0.1) is 0 Å². The van der Waals surface area contributed by atoms with Gasteiger partial charge in [0.25, 0.3) is 0 Å². The van der Waals surface area contributed by atoms with Gasteiger partial charge in [-0.2, -0.15) is 0 Å². The van der Waals surface area contributed by atoms with Gasteiger partial charge in [-0.1, -0.05) is 275 Å². The van der Waals surface area contributed by atoms with Crippen molar-refractivity contribution in [1.82, 2.24) is 0 Å². The number of carbonyl (C=O) groups excluding carboxylic acids is 3. The van der Waals surface area contributed by atoms with Crippen molar-refractivity contribution in [3.63, 3.8) is 0 Å². The SMILES string of the molecule is CC/C=C\C/C=C\C/C=C\C/C=C\C/C=C\C/C=C\C/C=C\C/C=C\C/C=C\CCCCCC(=O)OCC(COC(=O)CCCCCCCCCCC)OC(=O)CCCCCCCCCC/C=C\C/C=C\C/C=C\C/C=C\CC. The number of esters is 3. The van der Waals surface area contributed by atoms with E-state index in [-0.39, 0.29) is 31.1 Å². The van der Waals surface area contributed by atoms with Gasteiger partial charge in [-0.3, -0.25) is 14.4 Å². The Morgan fingerprint density at radius 1 is 0.266 bits per heavy atom. The predicted octanol–water partition coefficient (Wildman–Crippen LogP) is 22.1. The van der Waals surface area contributed by atoms with E-state index < -0.39 is 6.10 Å². The van der Waals surface area contributed by atoms with Gasteiger partial charge in [-0.15, -0.1) is 0 Å². The lowest BCUT2D eigenvalue weighted by atomic mass is 10.1. The van der Waals surface area contributed by atoms with E-state index in [0.717, 1.165) is 154 Å². The summed E-state index contributed by atoms with van der Waals surface area (Å²) in [6.07, 6.45) is 95.4. The smallest absolute Gasteiger partial charge is 0.306 e. The molecule has 0 aromatic rings. The zero-order valence-electron chi connectivity index (χ0n) is 50.8. The summed E-state index contributed by atoms with van der Waals surface area (Å²) in [4.78, 5) is 38.2. The topological polar surface area (TPSA) is 78.9 Å². The van der Waals surface area contributed by atoms with Crippen LogP contribution in [0.5, 0.6) is 0 Å². The summed E-state index contributed by atoms with van der Waals surface area (Å²) in [6, 6.07) is 0. The molecule has 1 unspecified atom stereocenters. The lowest BCUT2D eigenvalue weighted by Gasteiger charge is -2.18. The third kappa shape index (κ3) is 63.7. The molecule has 6 nitrogen and oxygen atoms in total. The molecule has 0 aliphatic carbocycles. The Balaban J connectivity index is 4.34. The third-order valence-corrected chi connectivity index (χ3v) is 13.0. The van der Waals surface area contributed by atoms with Gasteiger partial charge in [0.1, 0.15) is 13.2 Å². The van der Waals surface area contributed by atoms with E-state index >= 15 is 0 Å². The van der Waals surface area contributed by atoms with Crippen LogP contribution in [0.15, 0.2) is 158 Å². The molecule has 1 atom stereocenters. The minimum atomic E-state index is -0.802. The van der Waals surface area contributed by atoms with Crippen molar-refractivity contribution in [3.05, 3.63) is 158 Å². The average molecular weight is 1090 g/mol. The first kappa shape index (κ1) is 74.0. The van der Waals surface area contributed by atoms with E-state index in [1.165, 1.54) is 70.6 Å². The maximum atomic E-state index is 12.9. The molecule has 0 N–H and O–H groups in total. The van der Waals surface area contributed by atoms with Crippen LogP contribution in [-0.2, 0) is 28.6 Å². The molecule has 0 aliphatic rings. The molecule has 0 saturated carbocycles. The second-order valence-corrected chi connectivity index (χ2v) is 20.6. The van der Waals surface area contributed by atoms with Gasteiger partial charge < -0.3 is 14.2 Å². The average Bonchev–Trinajstić information content (AvgIpc) is 3.45. The van der Waals surface area contributed by atoms with Crippen LogP contribution < -0.4 is 0 Å². The Hall–Kier alpha value is -4.97. The Kier molecular flexibility index (Phi) is 61.4. The number of rotatable bonds is 56. The summed E-state index contributed by atoms with van der Waals surface area (Å²) in [6.45, 7) is 6.35. The molecule has 0 spiro atoms. The molecule has 0 aromatic heterocycles. The fraction of sp³-hybridized carbons (Fsp3) is 0.603. The first-order valence-corrected chi connectivity index (χ1v) is 32.0. The third-order valence-electron chi connectivity index (χ3n) is 13.0. The van der Waals surface area contributed by atoms with E-state index in [0.29, 0.717) is 19.3 Å².